The van der Waals surface area contributed by atoms with Crippen LogP contribution in [0, 0.1) is 11.8 Å². The summed E-state index contributed by atoms with van der Waals surface area (Å²) in [6.45, 7) is 22.0. The third kappa shape index (κ3) is 5.27. The molecule has 2 heterocycles. The molecule has 3 heteroatoms. The van der Waals surface area contributed by atoms with E-state index >= 15 is 0 Å². The van der Waals surface area contributed by atoms with Crippen molar-refractivity contribution in [2.75, 3.05) is 45.8 Å². The fourth-order valence-corrected chi connectivity index (χ4v) is 3.96. The summed E-state index contributed by atoms with van der Waals surface area (Å²) in [5.74, 6) is 1.81. The van der Waals surface area contributed by atoms with E-state index in [1.165, 1.54) is 51.1 Å². The monoisotopic (exact) mass is 307 g/mol. The molecule has 0 saturated carbocycles. The number of piperazine rings is 1. The normalized spacial score (nSPS) is 22.7. The van der Waals surface area contributed by atoms with E-state index in [1.807, 2.05) is 0 Å². The molecule has 3 nitrogen and oxygen atoms in total. The van der Waals surface area contributed by atoms with Gasteiger partial charge in [0.25, 0.3) is 0 Å². The molecule has 0 aromatic carbocycles. The summed E-state index contributed by atoms with van der Waals surface area (Å²) >= 11 is 0. The summed E-state index contributed by atoms with van der Waals surface area (Å²) < 4.78 is 0. The van der Waals surface area contributed by atoms with E-state index in [0.29, 0.717) is 6.04 Å². The minimum atomic E-state index is 0.676. The van der Waals surface area contributed by atoms with Gasteiger partial charge in [0.2, 0.25) is 0 Å². The molecule has 0 atom stereocenters. The Bertz CT molecular complexity index is 335. The molecule has 0 bridgehead atoms. The lowest BCUT2D eigenvalue weighted by Gasteiger charge is -2.41. The quantitative estimate of drug-likeness (QED) is 0.745. The van der Waals surface area contributed by atoms with Gasteiger partial charge in [-0.1, -0.05) is 20.4 Å². The van der Waals surface area contributed by atoms with Crippen molar-refractivity contribution < 1.29 is 0 Å². The maximum Gasteiger partial charge on any atom is 0.0377 e. The summed E-state index contributed by atoms with van der Waals surface area (Å²) in [5.41, 5.74) is 1.34. The molecule has 0 spiro atoms. The van der Waals surface area contributed by atoms with E-state index in [9.17, 15) is 0 Å². The maximum atomic E-state index is 4.38. The summed E-state index contributed by atoms with van der Waals surface area (Å²) in [6, 6.07) is 0.676. The molecule has 2 aliphatic rings. The highest BCUT2D eigenvalue weighted by molar-refractivity contribution is 4.99. The van der Waals surface area contributed by atoms with Gasteiger partial charge < -0.3 is 4.90 Å². The lowest BCUT2D eigenvalue weighted by atomic mass is 9.88. The van der Waals surface area contributed by atoms with Crippen molar-refractivity contribution in [3.8, 4) is 0 Å². The van der Waals surface area contributed by atoms with Crippen LogP contribution in [-0.4, -0.2) is 66.6 Å². The second-order valence-electron chi connectivity index (χ2n) is 8.03. The second kappa shape index (κ2) is 8.35. The lowest BCUT2D eigenvalue weighted by molar-refractivity contribution is 0.116. The van der Waals surface area contributed by atoms with Gasteiger partial charge in [-0.05, 0) is 58.0 Å². The minimum absolute atomic E-state index is 0.676. The molecule has 0 radical (unpaired) electrons. The predicted molar refractivity (Wildman–Crippen MR) is 96.0 cm³/mol. The number of nitrogens with zero attached hydrogens (tertiary/aromatic N) is 3. The molecule has 22 heavy (non-hydrogen) atoms. The second-order valence-corrected chi connectivity index (χ2v) is 8.03. The van der Waals surface area contributed by atoms with E-state index in [1.54, 1.807) is 0 Å². The standard InChI is InChI=1S/C19H37N3/c1-16(2)14-19-6-8-20(9-7-19)15-18(5)22-12-10-21(11-13-22)17(3)4/h16-17,19H,5-15H2,1-4H3. The van der Waals surface area contributed by atoms with Crippen LogP contribution in [0.25, 0.3) is 0 Å². The average molecular weight is 308 g/mol. The van der Waals surface area contributed by atoms with Crippen LogP contribution in [0.15, 0.2) is 12.3 Å². The molecule has 0 amide bonds. The zero-order chi connectivity index (χ0) is 16.1. The molecule has 2 saturated heterocycles. The average Bonchev–Trinajstić information content (AvgIpc) is 2.49. The van der Waals surface area contributed by atoms with Crippen LogP contribution in [0.5, 0.6) is 0 Å². The van der Waals surface area contributed by atoms with Crippen LogP contribution in [0.3, 0.4) is 0 Å². The SMILES string of the molecule is C=C(CN1CCC(CC(C)C)CC1)N1CCN(C(C)C)CC1. The van der Waals surface area contributed by atoms with Crippen molar-refractivity contribution >= 4 is 0 Å². The molecule has 0 aromatic rings. The summed E-state index contributed by atoms with van der Waals surface area (Å²) in [7, 11) is 0. The highest BCUT2D eigenvalue weighted by atomic mass is 15.3. The Balaban J connectivity index is 1.68. The van der Waals surface area contributed by atoms with Crippen LogP contribution in [0.2, 0.25) is 0 Å². The highest BCUT2D eigenvalue weighted by Crippen LogP contribution is 2.24. The molecule has 0 aromatic heterocycles. The largest absolute Gasteiger partial charge is 0.372 e. The number of hydrogen-bond donors (Lipinski definition) is 0. The van der Waals surface area contributed by atoms with Gasteiger partial charge in [0.1, 0.15) is 0 Å². The Hall–Kier alpha value is -0.540. The first-order valence-electron chi connectivity index (χ1n) is 9.34. The Morgan fingerprint density at radius 2 is 1.55 bits per heavy atom. The fraction of sp³-hybridized carbons (Fsp3) is 0.895. The van der Waals surface area contributed by atoms with Crippen molar-refractivity contribution in [3.05, 3.63) is 12.3 Å². The van der Waals surface area contributed by atoms with Gasteiger partial charge in [-0.3, -0.25) is 9.80 Å². The van der Waals surface area contributed by atoms with Crippen LogP contribution in [-0.2, 0) is 0 Å². The lowest BCUT2D eigenvalue weighted by Crippen LogP contribution is -2.49. The molecule has 0 aliphatic carbocycles. The van der Waals surface area contributed by atoms with Crippen molar-refractivity contribution in [2.45, 2.75) is 53.0 Å². The summed E-state index contributed by atoms with van der Waals surface area (Å²) in [5, 5.41) is 0. The Morgan fingerprint density at radius 3 is 2.05 bits per heavy atom. The van der Waals surface area contributed by atoms with E-state index < -0.39 is 0 Å². The highest BCUT2D eigenvalue weighted by Gasteiger charge is 2.23. The van der Waals surface area contributed by atoms with Crippen LogP contribution < -0.4 is 0 Å². The zero-order valence-electron chi connectivity index (χ0n) is 15.4. The molecule has 2 fully saturated rings. The number of hydrogen-bond acceptors (Lipinski definition) is 3. The number of piperidine rings is 1. The minimum Gasteiger partial charge on any atom is -0.372 e. The van der Waals surface area contributed by atoms with Crippen molar-refractivity contribution in [1.29, 1.82) is 0 Å². The molecular formula is C19H37N3. The first kappa shape index (κ1) is 17.8. The summed E-state index contributed by atoms with van der Waals surface area (Å²) in [4.78, 5) is 7.70. The van der Waals surface area contributed by atoms with Gasteiger partial charge in [0.05, 0.1) is 0 Å². The molecular weight excluding hydrogens is 270 g/mol. The van der Waals surface area contributed by atoms with Gasteiger partial charge in [-0.25, -0.2) is 0 Å². The van der Waals surface area contributed by atoms with Crippen molar-refractivity contribution in [1.82, 2.24) is 14.7 Å². The molecule has 128 valence electrons. The topological polar surface area (TPSA) is 9.72 Å². The third-order valence-electron chi connectivity index (χ3n) is 5.41. The van der Waals surface area contributed by atoms with E-state index in [-0.39, 0.29) is 0 Å². The first-order chi connectivity index (χ1) is 10.5. The van der Waals surface area contributed by atoms with Gasteiger partial charge in [-0.15, -0.1) is 0 Å². The maximum absolute atomic E-state index is 4.38. The number of rotatable bonds is 6. The zero-order valence-corrected chi connectivity index (χ0v) is 15.4. The van der Waals surface area contributed by atoms with Gasteiger partial charge in [0, 0.05) is 44.5 Å². The smallest absolute Gasteiger partial charge is 0.0377 e. The van der Waals surface area contributed by atoms with Crippen molar-refractivity contribution in [2.24, 2.45) is 11.8 Å². The van der Waals surface area contributed by atoms with Gasteiger partial charge in [-0.2, -0.15) is 0 Å². The molecule has 0 unspecified atom stereocenters. The number of likely N-dealkylation sites (tertiary alicyclic amines) is 1. The van der Waals surface area contributed by atoms with Crippen LogP contribution in [0.4, 0.5) is 0 Å². The Morgan fingerprint density at radius 1 is 0.955 bits per heavy atom. The molecule has 2 rings (SSSR count). The van der Waals surface area contributed by atoms with Crippen molar-refractivity contribution in [3.63, 3.8) is 0 Å². The van der Waals surface area contributed by atoms with Crippen LogP contribution in [0.1, 0.15) is 47.0 Å². The van der Waals surface area contributed by atoms with Crippen LogP contribution >= 0.6 is 0 Å². The predicted octanol–water partition coefficient (Wildman–Crippen LogP) is 3.28. The Labute approximate surface area is 138 Å². The fourth-order valence-electron chi connectivity index (χ4n) is 3.96. The summed E-state index contributed by atoms with van der Waals surface area (Å²) in [6.07, 6.45) is 4.17. The molecule has 0 N–H and O–H groups in total. The molecule has 2 aliphatic heterocycles. The van der Waals surface area contributed by atoms with E-state index in [2.05, 4.69) is 49.0 Å². The van der Waals surface area contributed by atoms with E-state index in [4.69, 9.17) is 0 Å². The first-order valence-corrected chi connectivity index (χ1v) is 9.34. The Kier molecular flexibility index (Phi) is 6.76. The third-order valence-corrected chi connectivity index (χ3v) is 5.41. The van der Waals surface area contributed by atoms with E-state index in [0.717, 1.165) is 31.5 Å². The van der Waals surface area contributed by atoms with Gasteiger partial charge >= 0.3 is 0 Å². The van der Waals surface area contributed by atoms with Gasteiger partial charge in [0.15, 0.2) is 0 Å².